The molecule has 10 nitrogen and oxygen atoms in total. The van der Waals surface area contributed by atoms with E-state index in [1.807, 2.05) is 48.6 Å². The Morgan fingerprint density at radius 3 is 2.60 bits per heavy atom. The highest BCUT2D eigenvalue weighted by Gasteiger charge is 2.61. The molecule has 0 spiro atoms. The molecule has 276 valence electrons. The predicted octanol–water partition coefficient (Wildman–Crippen LogP) is 6.59. The van der Waals surface area contributed by atoms with Crippen molar-refractivity contribution < 1.29 is 37.1 Å². The molecule has 7 rings (SSSR count). The summed E-state index contributed by atoms with van der Waals surface area (Å²) in [5.74, 6) is -1.06. The molecule has 3 aromatic carbocycles. The molecular formula is C40H40F3N5O5. The van der Waals surface area contributed by atoms with Crippen LogP contribution in [0.15, 0.2) is 103 Å². The predicted molar refractivity (Wildman–Crippen MR) is 192 cm³/mol. The number of hydroxylamine groups is 1. The summed E-state index contributed by atoms with van der Waals surface area (Å²) in [6, 6.07) is 20.9. The number of hydrogen-bond acceptors (Lipinski definition) is 7. The van der Waals surface area contributed by atoms with E-state index in [0.29, 0.717) is 30.9 Å². The van der Waals surface area contributed by atoms with Crippen molar-refractivity contribution in [2.45, 2.75) is 74.8 Å². The number of hydrogen-bond donors (Lipinski definition) is 3. The number of benzene rings is 3. The van der Waals surface area contributed by atoms with Crippen molar-refractivity contribution in [1.29, 1.82) is 0 Å². The fourth-order valence-electron chi connectivity index (χ4n) is 7.18. The number of allylic oxidation sites excluding steroid dienone is 1. The molecule has 3 aliphatic rings. The number of amides is 3. The van der Waals surface area contributed by atoms with Crippen LogP contribution in [0.3, 0.4) is 0 Å². The van der Waals surface area contributed by atoms with Gasteiger partial charge in [0.05, 0.1) is 12.1 Å². The van der Waals surface area contributed by atoms with E-state index in [2.05, 4.69) is 21.1 Å². The topological polar surface area (TPSA) is 122 Å². The molecule has 5 atom stereocenters. The number of halogens is 3. The van der Waals surface area contributed by atoms with E-state index < -0.39 is 53.2 Å². The summed E-state index contributed by atoms with van der Waals surface area (Å²) in [7, 11) is 0. The summed E-state index contributed by atoms with van der Waals surface area (Å²) >= 11 is 0. The van der Waals surface area contributed by atoms with Crippen LogP contribution in [0.4, 0.5) is 18.9 Å². The number of anilines is 1. The van der Waals surface area contributed by atoms with Gasteiger partial charge in [0.1, 0.15) is 23.7 Å². The normalized spacial score (nSPS) is 24.9. The van der Waals surface area contributed by atoms with Crippen molar-refractivity contribution in [3.8, 4) is 11.6 Å². The Kier molecular flexibility index (Phi) is 10.3. The molecule has 2 fully saturated rings. The average molecular weight is 728 g/mol. The molecule has 3 heterocycles. The minimum Gasteiger partial charge on any atom is -0.472 e. The monoisotopic (exact) mass is 727 g/mol. The molecule has 3 N–H and O–H groups in total. The molecular weight excluding hydrogens is 687 g/mol. The van der Waals surface area contributed by atoms with Crippen LogP contribution < -0.4 is 25.7 Å². The van der Waals surface area contributed by atoms with Gasteiger partial charge in [0.15, 0.2) is 5.75 Å². The number of carbonyl (C=O) groups is 3. The van der Waals surface area contributed by atoms with Gasteiger partial charge in [-0.3, -0.25) is 14.4 Å². The Morgan fingerprint density at radius 2 is 1.77 bits per heavy atom. The fourth-order valence-corrected chi connectivity index (χ4v) is 7.18. The molecule has 1 saturated carbocycles. The number of para-hydroxylation sites is 1. The third-order valence-corrected chi connectivity index (χ3v) is 10.1. The SMILES string of the molecule is O=C1N[C@]2(C(=O)NOc3ccccc3)C[C@H]2C=CCCCCC[C@H](Nc2cccc(C(F)(F)F)c2)C(=O)N2C[C@H](Oc3nccc4ccccc34)C[C@@H]12. The zero-order valence-electron chi connectivity index (χ0n) is 28.9. The Hall–Kier alpha value is -5.59. The summed E-state index contributed by atoms with van der Waals surface area (Å²) in [4.78, 5) is 54.1. The molecule has 0 bridgehead atoms. The number of aromatic nitrogens is 1. The molecule has 1 aromatic heterocycles. The van der Waals surface area contributed by atoms with Crippen LogP contribution in [0.5, 0.6) is 11.6 Å². The van der Waals surface area contributed by atoms with Gasteiger partial charge in [-0.25, -0.2) is 4.98 Å². The quantitative estimate of drug-likeness (QED) is 0.145. The van der Waals surface area contributed by atoms with Crippen molar-refractivity contribution in [2.24, 2.45) is 5.92 Å². The van der Waals surface area contributed by atoms with Gasteiger partial charge in [-0.2, -0.15) is 18.7 Å². The van der Waals surface area contributed by atoms with Crippen LogP contribution in [-0.4, -0.2) is 57.9 Å². The molecule has 4 aromatic rings. The van der Waals surface area contributed by atoms with Crippen molar-refractivity contribution >= 4 is 34.2 Å². The Labute approximate surface area is 304 Å². The summed E-state index contributed by atoms with van der Waals surface area (Å²) in [6.45, 7) is 0.0161. The molecule has 0 radical (unpaired) electrons. The van der Waals surface area contributed by atoms with Crippen LogP contribution in [0.1, 0.15) is 50.5 Å². The minimum absolute atomic E-state index is 0.0161. The molecule has 0 unspecified atom stereocenters. The van der Waals surface area contributed by atoms with Gasteiger partial charge in [-0.05, 0) is 73.5 Å². The lowest BCUT2D eigenvalue weighted by molar-refractivity contribution is -0.141. The summed E-state index contributed by atoms with van der Waals surface area (Å²) < 4.78 is 47.2. The molecule has 13 heteroatoms. The van der Waals surface area contributed by atoms with Gasteiger partial charge < -0.3 is 25.1 Å². The van der Waals surface area contributed by atoms with E-state index in [0.717, 1.165) is 42.2 Å². The Morgan fingerprint density at radius 1 is 0.962 bits per heavy atom. The van der Waals surface area contributed by atoms with E-state index in [4.69, 9.17) is 9.57 Å². The van der Waals surface area contributed by atoms with E-state index in [9.17, 15) is 27.6 Å². The first-order valence-corrected chi connectivity index (χ1v) is 17.9. The van der Waals surface area contributed by atoms with Crippen LogP contribution in [0, 0.1) is 5.92 Å². The summed E-state index contributed by atoms with van der Waals surface area (Å²) in [5, 5.41) is 7.70. The number of nitrogens with one attached hydrogen (secondary N) is 3. The Balaban J connectivity index is 1.19. The largest absolute Gasteiger partial charge is 0.472 e. The van der Waals surface area contributed by atoms with E-state index in [1.54, 1.807) is 30.5 Å². The van der Waals surface area contributed by atoms with Gasteiger partial charge in [-0.1, -0.05) is 67.5 Å². The second-order valence-corrected chi connectivity index (χ2v) is 13.8. The van der Waals surface area contributed by atoms with Gasteiger partial charge >= 0.3 is 6.18 Å². The van der Waals surface area contributed by atoms with Crippen LogP contribution in [0.25, 0.3) is 10.8 Å². The van der Waals surface area contributed by atoms with E-state index in [-0.39, 0.29) is 24.6 Å². The van der Waals surface area contributed by atoms with Gasteiger partial charge in [0.25, 0.3) is 5.91 Å². The molecule has 1 aliphatic carbocycles. The molecule has 2 aliphatic heterocycles. The average Bonchev–Trinajstić information content (AvgIpc) is 3.69. The Bertz CT molecular complexity index is 1990. The lowest BCUT2D eigenvalue weighted by Crippen LogP contribution is -2.57. The first-order valence-electron chi connectivity index (χ1n) is 17.9. The van der Waals surface area contributed by atoms with Gasteiger partial charge in [-0.15, -0.1) is 0 Å². The molecule has 1 saturated heterocycles. The number of nitrogens with zero attached hydrogens (tertiary/aromatic N) is 2. The number of ether oxygens (including phenoxy) is 1. The highest BCUT2D eigenvalue weighted by molar-refractivity contribution is 5.98. The van der Waals surface area contributed by atoms with Crippen molar-refractivity contribution in [1.82, 2.24) is 20.7 Å². The second kappa shape index (κ2) is 15.2. The number of alkyl halides is 3. The summed E-state index contributed by atoms with van der Waals surface area (Å²) in [5.41, 5.74) is 0.485. The number of pyridine rings is 1. The highest BCUT2D eigenvalue weighted by Crippen LogP contribution is 2.45. The lowest BCUT2D eigenvalue weighted by atomic mass is 10.0. The van der Waals surface area contributed by atoms with Crippen molar-refractivity contribution in [2.75, 3.05) is 11.9 Å². The highest BCUT2D eigenvalue weighted by atomic mass is 19.4. The third kappa shape index (κ3) is 8.08. The van der Waals surface area contributed by atoms with Crippen LogP contribution in [0.2, 0.25) is 0 Å². The van der Waals surface area contributed by atoms with E-state index >= 15 is 0 Å². The number of carbonyl (C=O) groups excluding carboxylic acids is 3. The van der Waals surface area contributed by atoms with Crippen LogP contribution >= 0.6 is 0 Å². The van der Waals surface area contributed by atoms with Crippen molar-refractivity contribution in [3.05, 3.63) is 109 Å². The number of rotatable bonds is 7. The zero-order valence-corrected chi connectivity index (χ0v) is 28.9. The zero-order chi connectivity index (χ0) is 37.0. The first-order chi connectivity index (χ1) is 25.6. The number of fused-ring (bicyclic) bond motifs is 3. The lowest BCUT2D eigenvalue weighted by Gasteiger charge is -2.30. The van der Waals surface area contributed by atoms with Gasteiger partial charge in [0.2, 0.25) is 17.7 Å². The smallest absolute Gasteiger partial charge is 0.416 e. The third-order valence-electron chi connectivity index (χ3n) is 10.1. The summed E-state index contributed by atoms with van der Waals surface area (Å²) in [6.07, 6.45) is 4.00. The maximum Gasteiger partial charge on any atom is 0.416 e. The maximum absolute atomic E-state index is 14.6. The van der Waals surface area contributed by atoms with Crippen molar-refractivity contribution in [3.63, 3.8) is 0 Å². The fraction of sp³-hybridized carbons (Fsp3) is 0.350. The van der Waals surface area contributed by atoms with Crippen LogP contribution in [-0.2, 0) is 20.6 Å². The minimum atomic E-state index is -4.57. The standard InChI is InChI=1S/C40H40F3N5O5/c41-40(42,43)27-14-11-15-29(22-27)45-33-19-8-3-1-2-5-13-28-24-39(28,38(51)47-53-30-16-6-4-7-17-30)46-35(49)34-23-31(25-48(34)37(33)50)52-36-32-18-10-9-12-26(32)20-21-44-36/h4-7,9-18,20-22,28,31,33-34,45H,1-3,8,19,23-25H2,(H,46,49)(H,47,51)/t28-,31-,33+,34+,39-/m1/s1. The van der Waals surface area contributed by atoms with E-state index in [1.165, 1.54) is 17.0 Å². The maximum atomic E-state index is 14.6. The first kappa shape index (κ1) is 35.8. The molecule has 3 amide bonds. The van der Waals surface area contributed by atoms with Gasteiger partial charge in [0, 0.05) is 29.6 Å². The molecule has 53 heavy (non-hydrogen) atoms. The second-order valence-electron chi connectivity index (χ2n) is 13.8.